The van der Waals surface area contributed by atoms with Gasteiger partial charge in [0.05, 0.1) is 0 Å². The van der Waals surface area contributed by atoms with Crippen molar-refractivity contribution in [1.29, 1.82) is 0 Å². The van der Waals surface area contributed by atoms with Gasteiger partial charge in [-0.25, -0.2) is 9.37 Å². The molecule has 1 aromatic heterocycles. The third kappa shape index (κ3) is 1.64. The predicted octanol–water partition coefficient (Wildman–Crippen LogP) is 0.787. The van der Waals surface area contributed by atoms with Gasteiger partial charge in [-0.1, -0.05) is 6.08 Å². The van der Waals surface area contributed by atoms with Gasteiger partial charge in [-0.2, -0.15) is 5.10 Å². The Labute approximate surface area is 51.6 Å². The topological polar surface area (TPSA) is 41.6 Å². The third-order valence-corrected chi connectivity index (χ3v) is 0.798. The molecule has 0 aliphatic heterocycles. The van der Waals surface area contributed by atoms with E-state index in [2.05, 4.69) is 15.2 Å². The SMILES string of the molecule is FC/C=C/c1ncn[nH]1. The lowest BCUT2D eigenvalue weighted by Gasteiger charge is -1.76. The molecule has 1 heterocycles. The lowest BCUT2D eigenvalue weighted by molar-refractivity contribution is 0.563. The van der Waals surface area contributed by atoms with Crippen molar-refractivity contribution in [3.63, 3.8) is 0 Å². The Balaban J connectivity index is 2.57. The summed E-state index contributed by atoms with van der Waals surface area (Å²) in [6.45, 7) is -0.472. The Morgan fingerprint density at radius 2 is 2.67 bits per heavy atom. The Bertz CT molecular complexity index is 180. The second kappa shape index (κ2) is 2.96. The van der Waals surface area contributed by atoms with Gasteiger partial charge in [-0.3, -0.25) is 5.10 Å². The minimum atomic E-state index is -0.472. The normalized spacial score (nSPS) is 10.8. The zero-order valence-corrected chi connectivity index (χ0v) is 4.71. The number of hydrogen-bond donors (Lipinski definition) is 1. The van der Waals surface area contributed by atoms with E-state index in [9.17, 15) is 4.39 Å². The van der Waals surface area contributed by atoms with Crippen molar-refractivity contribution in [3.8, 4) is 0 Å². The average molecular weight is 127 g/mol. The predicted molar refractivity (Wildman–Crippen MR) is 31.4 cm³/mol. The van der Waals surface area contributed by atoms with Crippen LogP contribution in [-0.2, 0) is 0 Å². The summed E-state index contributed by atoms with van der Waals surface area (Å²) in [5.74, 6) is 0.577. The molecule has 0 bridgehead atoms. The summed E-state index contributed by atoms with van der Waals surface area (Å²) in [7, 11) is 0. The number of aromatic amines is 1. The van der Waals surface area contributed by atoms with E-state index in [0.717, 1.165) is 0 Å². The van der Waals surface area contributed by atoms with Crippen LogP contribution in [0.15, 0.2) is 12.4 Å². The monoisotopic (exact) mass is 127 g/mol. The maximum atomic E-state index is 11.4. The number of alkyl halides is 1. The number of nitrogens with zero attached hydrogens (tertiary/aromatic N) is 2. The van der Waals surface area contributed by atoms with Crippen molar-refractivity contribution in [1.82, 2.24) is 15.2 Å². The van der Waals surface area contributed by atoms with Crippen LogP contribution in [0.2, 0.25) is 0 Å². The zero-order valence-electron chi connectivity index (χ0n) is 4.71. The minimum Gasteiger partial charge on any atom is -0.260 e. The standard InChI is InChI=1S/C5H6FN3/c6-3-1-2-5-7-4-8-9-5/h1-2,4H,3H2,(H,7,8,9)/b2-1+. The molecule has 0 atom stereocenters. The summed E-state index contributed by atoms with van der Waals surface area (Å²) in [5.41, 5.74) is 0. The van der Waals surface area contributed by atoms with E-state index in [4.69, 9.17) is 0 Å². The first-order valence-electron chi connectivity index (χ1n) is 2.51. The van der Waals surface area contributed by atoms with Gasteiger partial charge in [0.2, 0.25) is 0 Å². The molecule has 1 N–H and O–H groups in total. The van der Waals surface area contributed by atoms with E-state index in [-0.39, 0.29) is 0 Å². The Hall–Kier alpha value is -1.19. The molecule has 0 radical (unpaired) electrons. The van der Waals surface area contributed by atoms with Gasteiger partial charge in [-0.05, 0) is 6.08 Å². The van der Waals surface area contributed by atoms with Crippen LogP contribution >= 0.6 is 0 Å². The van der Waals surface area contributed by atoms with Crippen LogP contribution in [0.4, 0.5) is 4.39 Å². The largest absolute Gasteiger partial charge is 0.260 e. The van der Waals surface area contributed by atoms with E-state index in [0.29, 0.717) is 5.82 Å². The van der Waals surface area contributed by atoms with E-state index in [1.54, 1.807) is 0 Å². The highest BCUT2D eigenvalue weighted by Gasteiger charge is 1.83. The van der Waals surface area contributed by atoms with Crippen LogP contribution < -0.4 is 0 Å². The van der Waals surface area contributed by atoms with E-state index in [1.165, 1.54) is 18.5 Å². The van der Waals surface area contributed by atoms with Crippen LogP contribution in [-0.4, -0.2) is 21.9 Å². The molecule has 1 rings (SSSR count). The molecule has 0 aliphatic rings. The van der Waals surface area contributed by atoms with Gasteiger partial charge < -0.3 is 0 Å². The van der Waals surface area contributed by atoms with Crippen LogP contribution in [0.1, 0.15) is 5.82 Å². The number of nitrogens with one attached hydrogen (secondary N) is 1. The molecule has 0 saturated heterocycles. The Morgan fingerprint density at radius 3 is 3.22 bits per heavy atom. The Kier molecular flexibility index (Phi) is 1.95. The molecular weight excluding hydrogens is 121 g/mol. The summed E-state index contributed by atoms with van der Waals surface area (Å²) in [4.78, 5) is 3.73. The second-order valence-electron chi connectivity index (χ2n) is 1.43. The maximum Gasteiger partial charge on any atom is 0.147 e. The van der Waals surface area contributed by atoms with Crippen molar-refractivity contribution < 1.29 is 4.39 Å². The molecule has 0 spiro atoms. The van der Waals surface area contributed by atoms with Gasteiger partial charge >= 0.3 is 0 Å². The van der Waals surface area contributed by atoms with Gasteiger partial charge in [-0.15, -0.1) is 0 Å². The summed E-state index contributed by atoms with van der Waals surface area (Å²) in [5, 5.41) is 6.12. The second-order valence-corrected chi connectivity index (χ2v) is 1.43. The van der Waals surface area contributed by atoms with Crippen molar-refractivity contribution >= 4 is 6.08 Å². The van der Waals surface area contributed by atoms with Gasteiger partial charge in [0.1, 0.15) is 18.8 Å². The molecule has 0 unspecified atom stereocenters. The molecule has 0 amide bonds. The first-order valence-corrected chi connectivity index (χ1v) is 2.51. The fourth-order valence-electron chi connectivity index (χ4n) is 0.451. The first kappa shape index (κ1) is 5.94. The van der Waals surface area contributed by atoms with Crippen molar-refractivity contribution in [2.45, 2.75) is 0 Å². The molecule has 0 saturated carbocycles. The lowest BCUT2D eigenvalue weighted by atomic mass is 10.5. The molecule has 1 aromatic rings. The molecule has 0 aromatic carbocycles. The molecule has 0 aliphatic carbocycles. The molecular formula is C5H6FN3. The molecule has 4 heteroatoms. The van der Waals surface area contributed by atoms with Crippen LogP contribution in [0, 0.1) is 0 Å². The molecule has 9 heavy (non-hydrogen) atoms. The fourth-order valence-corrected chi connectivity index (χ4v) is 0.451. The van der Waals surface area contributed by atoms with Gasteiger partial charge in [0, 0.05) is 0 Å². The third-order valence-electron chi connectivity index (χ3n) is 0.798. The van der Waals surface area contributed by atoms with E-state index in [1.807, 2.05) is 0 Å². The van der Waals surface area contributed by atoms with Gasteiger partial charge in [0.15, 0.2) is 0 Å². The zero-order chi connectivity index (χ0) is 6.53. The Morgan fingerprint density at radius 1 is 1.78 bits per heavy atom. The molecule has 0 fully saturated rings. The summed E-state index contributed by atoms with van der Waals surface area (Å²) >= 11 is 0. The number of aromatic nitrogens is 3. The van der Waals surface area contributed by atoms with E-state index < -0.39 is 6.67 Å². The van der Waals surface area contributed by atoms with Gasteiger partial charge in [0.25, 0.3) is 0 Å². The van der Waals surface area contributed by atoms with E-state index >= 15 is 0 Å². The fraction of sp³-hybridized carbons (Fsp3) is 0.200. The maximum absolute atomic E-state index is 11.4. The molecule has 48 valence electrons. The molecule has 3 nitrogen and oxygen atoms in total. The quantitative estimate of drug-likeness (QED) is 0.638. The number of hydrogen-bond acceptors (Lipinski definition) is 2. The first-order chi connectivity index (χ1) is 4.43. The highest BCUT2D eigenvalue weighted by atomic mass is 19.1. The average Bonchev–Trinajstić information content (AvgIpc) is 2.34. The lowest BCUT2D eigenvalue weighted by Crippen LogP contribution is -1.73. The minimum absolute atomic E-state index is 0.472. The number of halogens is 1. The highest BCUT2D eigenvalue weighted by Crippen LogP contribution is 1.88. The highest BCUT2D eigenvalue weighted by molar-refractivity contribution is 5.38. The number of allylic oxidation sites excluding steroid dienone is 1. The summed E-state index contributed by atoms with van der Waals surface area (Å²) in [6.07, 6.45) is 4.27. The number of rotatable bonds is 2. The van der Waals surface area contributed by atoms with Crippen LogP contribution in [0.5, 0.6) is 0 Å². The van der Waals surface area contributed by atoms with Crippen LogP contribution in [0.25, 0.3) is 6.08 Å². The van der Waals surface area contributed by atoms with Crippen molar-refractivity contribution in [2.75, 3.05) is 6.67 Å². The van der Waals surface area contributed by atoms with Crippen molar-refractivity contribution in [3.05, 3.63) is 18.2 Å². The van der Waals surface area contributed by atoms with Crippen LogP contribution in [0.3, 0.4) is 0 Å². The number of H-pyrrole nitrogens is 1. The smallest absolute Gasteiger partial charge is 0.147 e. The van der Waals surface area contributed by atoms with Crippen molar-refractivity contribution in [2.24, 2.45) is 0 Å². The summed E-state index contributed by atoms with van der Waals surface area (Å²) in [6, 6.07) is 0. The summed E-state index contributed by atoms with van der Waals surface area (Å²) < 4.78 is 11.4.